The van der Waals surface area contributed by atoms with Crippen molar-refractivity contribution in [3.63, 3.8) is 0 Å². The summed E-state index contributed by atoms with van der Waals surface area (Å²) >= 11 is 0. The smallest absolute Gasteiger partial charge is 0.253 e. The van der Waals surface area contributed by atoms with Crippen LogP contribution in [-0.4, -0.2) is 60.0 Å². The first kappa shape index (κ1) is 15.3. The van der Waals surface area contributed by atoms with Crippen molar-refractivity contribution in [3.05, 3.63) is 35.4 Å². The van der Waals surface area contributed by atoms with Crippen LogP contribution in [0.15, 0.2) is 29.4 Å². The number of hydrogen-bond donors (Lipinski definition) is 2. The largest absolute Gasteiger partial charge is 0.409 e. The minimum atomic E-state index is -0.0304. The monoisotopic (exact) mass is 290 g/mol. The van der Waals surface area contributed by atoms with Gasteiger partial charge >= 0.3 is 0 Å². The first-order valence-corrected chi connectivity index (χ1v) is 7.06. The minimum absolute atomic E-state index is 0.00611. The maximum atomic E-state index is 12.6. The van der Waals surface area contributed by atoms with Crippen molar-refractivity contribution in [2.45, 2.75) is 18.9 Å². The molecule has 6 nitrogen and oxygen atoms in total. The third-order valence-corrected chi connectivity index (χ3v) is 4.07. The summed E-state index contributed by atoms with van der Waals surface area (Å²) in [5.74, 6) is -0.0243. The van der Waals surface area contributed by atoms with E-state index in [1.807, 2.05) is 7.05 Å². The second-order valence-electron chi connectivity index (χ2n) is 5.52. The molecule has 0 saturated carbocycles. The SMILES string of the molecule is CN1CCC(N(C)C(=O)c2cccc(/C(N)=N/O)c2)CC1. The summed E-state index contributed by atoms with van der Waals surface area (Å²) in [6, 6.07) is 7.12. The number of amidine groups is 1. The Morgan fingerprint density at radius 3 is 2.62 bits per heavy atom. The molecule has 0 unspecified atom stereocenters. The number of hydrogen-bond acceptors (Lipinski definition) is 4. The van der Waals surface area contributed by atoms with E-state index in [4.69, 9.17) is 10.9 Å². The molecule has 1 heterocycles. The van der Waals surface area contributed by atoms with E-state index >= 15 is 0 Å². The number of rotatable bonds is 3. The predicted molar refractivity (Wildman–Crippen MR) is 81.6 cm³/mol. The topological polar surface area (TPSA) is 82.2 Å². The Balaban J connectivity index is 2.12. The lowest BCUT2D eigenvalue weighted by atomic mass is 10.0. The van der Waals surface area contributed by atoms with E-state index in [9.17, 15) is 4.79 Å². The molecule has 3 N–H and O–H groups in total. The van der Waals surface area contributed by atoms with Gasteiger partial charge in [-0.3, -0.25) is 4.79 Å². The number of likely N-dealkylation sites (tertiary alicyclic amines) is 1. The maximum absolute atomic E-state index is 12.6. The maximum Gasteiger partial charge on any atom is 0.253 e. The first-order valence-electron chi connectivity index (χ1n) is 7.06. The van der Waals surface area contributed by atoms with Gasteiger partial charge in [-0.05, 0) is 45.1 Å². The quantitative estimate of drug-likeness (QED) is 0.376. The molecule has 1 fully saturated rings. The molecule has 1 saturated heterocycles. The number of carbonyl (C=O) groups excluding carboxylic acids is 1. The van der Waals surface area contributed by atoms with Crippen molar-refractivity contribution in [1.82, 2.24) is 9.80 Å². The second kappa shape index (κ2) is 6.58. The predicted octanol–water partition coefficient (Wildman–Crippen LogP) is 0.947. The zero-order valence-corrected chi connectivity index (χ0v) is 12.5. The standard InChI is InChI=1S/C15H22N4O2/c1-18-8-6-13(7-9-18)19(2)15(20)12-5-3-4-11(10-12)14(16)17-21/h3-5,10,13,21H,6-9H2,1-2H3,(H2,16,17). The summed E-state index contributed by atoms with van der Waals surface area (Å²) in [5.41, 5.74) is 6.66. The molecule has 2 rings (SSSR count). The van der Waals surface area contributed by atoms with Gasteiger partial charge in [-0.15, -0.1) is 0 Å². The lowest BCUT2D eigenvalue weighted by Crippen LogP contribution is -2.44. The van der Waals surface area contributed by atoms with Gasteiger partial charge < -0.3 is 20.7 Å². The molecule has 21 heavy (non-hydrogen) atoms. The number of benzene rings is 1. The highest BCUT2D eigenvalue weighted by molar-refractivity contribution is 6.01. The normalized spacial score (nSPS) is 17.7. The second-order valence-corrected chi connectivity index (χ2v) is 5.52. The summed E-state index contributed by atoms with van der Waals surface area (Å²) in [6.45, 7) is 2.01. The summed E-state index contributed by atoms with van der Waals surface area (Å²) in [6.07, 6.45) is 1.97. The molecule has 0 aromatic heterocycles. The number of amides is 1. The highest BCUT2D eigenvalue weighted by Gasteiger charge is 2.24. The van der Waals surface area contributed by atoms with Crippen LogP contribution in [0.4, 0.5) is 0 Å². The van der Waals surface area contributed by atoms with Crippen LogP contribution in [0.1, 0.15) is 28.8 Å². The molecule has 6 heteroatoms. The Labute approximate surface area is 124 Å². The van der Waals surface area contributed by atoms with E-state index in [2.05, 4.69) is 17.1 Å². The minimum Gasteiger partial charge on any atom is -0.409 e. The van der Waals surface area contributed by atoms with E-state index in [-0.39, 0.29) is 17.8 Å². The van der Waals surface area contributed by atoms with Crippen molar-refractivity contribution in [3.8, 4) is 0 Å². The molecule has 0 aliphatic carbocycles. The van der Waals surface area contributed by atoms with Crippen LogP contribution >= 0.6 is 0 Å². The molecule has 1 aliphatic rings. The molecule has 1 amide bonds. The summed E-state index contributed by atoms with van der Waals surface area (Å²) in [7, 11) is 3.94. The van der Waals surface area contributed by atoms with Gasteiger partial charge in [-0.1, -0.05) is 17.3 Å². The lowest BCUT2D eigenvalue weighted by Gasteiger charge is -2.35. The van der Waals surface area contributed by atoms with Gasteiger partial charge in [0.25, 0.3) is 5.91 Å². The Hall–Kier alpha value is -2.08. The molecule has 0 spiro atoms. The molecule has 1 aliphatic heterocycles. The molecule has 0 radical (unpaired) electrons. The average molecular weight is 290 g/mol. The van der Waals surface area contributed by atoms with Crippen LogP contribution in [0, 0.1) is 0 Å². The van der Waals surface area contributed by atoms with E-state index in [0.29, 0.717) is 11.1 Å². The zero-order chi connectivity index (χ0) is 15.4. The van der Waals surface area contributed by atoms with Gasteiger partial charge in [-0.25, -0.2) is 0 Å². The number of nitrogens with zero attached hydrogens (tertiary/aromatic N) is 3. The fourth-order valence-electron chi connectivity index (χ4n) is 2.62. The lowest BCUT2D eigenvalue weighted by molar-refractivity contribution is 0.0659. The van der Waals surface area contributed by atoms with Gasteiger partial charge in [0.1, 0.15) is 0 Å². The number of nitrogens with two attached hydrogens (primary N) is 1. The fourth-order valence-corrected chi connectivity index (χ4v) is 2.62. The number of piperidine rings is 1. The zero-order valence-electron chi connectivity index (χ0n) is 12.5. The van der Waals surface area contributed by atoms with Crippen LogP contribution in [0.3, 0.4) is 0 Å². The first-order chi connectivity index (χ1) is 10.0. The van der Waals surface area contributed by atoms with E-state index in [1.54, 1.807) is 29.2 Å². The summed E-state index contributed by atoms with van der Waals surface area (Å²) in [4.78, 5) is 16.6. The molecule has 1 aromatic carbocycles. The van der Waals surface area contributed by atoms with Gasteiger partial charge in [-0.2, -0.15) is 0 Å². The molecule has 0 atom stereocenters. The van der Waals surface area contributed by atoms with E-state index in [0.717, 1.165) is 25.9 Å². The third kappa shape index (κ3) is 3.52. The Bertz CT molecular complexity index is 536. The van der Waals surface area contributed by atoms with Crippen LogP contribution in [0.25, 0.3) is 0 Å². The highest BCUT2D eigenvalue weighted by Crippen LogP contribution is 2.17. The number of oxime groups is 1. The van der Waals surface area contributed by atoms with Crippen molar-refractivity contribution in [2.75, 3.05) is 27.2 Å². The van der Waals surface area contributed by atoms with Crippen LogP contribution in [-0.2, 0) is 0 Å². The summed E-state index contributed by atoms with van der Waals surface area (Å²) < 4.78 is 0. The van der Waals surface area contributed by atoms with Gasteiger partial charge in [0.15, 0.2) is 5.84 Å². The third-order valence-electron chi connectivity index (χ3n) is 4.07. The molecular formula is C15H22N4O2. The average Bonchev–Trinajstić information content (AvgIpc) is 2.53. The van der Waals surface area contributed by atoms with Crippen molar-refractivity contribution >= 4 is 11.7 Å². The molecular weight excluding hydrogens is 268 g/mol. The highest BCUT2D eigenvalue weighted by atomic mass is 16.4. The van der Waals surface area contributed by atoms with E-state index < -0.39 is 0 Å². The van der Waals surface area contributed by atoms with E-state index in [1.165, 1.54) is 0 Å². The van der Waals surface area contributed by atoms with Crippen molar-refractivity contribution in [1.29, 1.82) is 0 Å². The summed E-state index contributed by atoms with van der Waals surface area (Å²) in [5, 5.41) is 11.7. The van der Waals surface area contributed by atoms with Crippen LogP contribution in [0.5, 0.6) is 0 Å². The Kier molecular flexibility index (Phi) is 4.80. The Morgan fingerprint density at radius 2 is 2.00 bits per heavy atom. The van der Waals surface area contributed by atoms with Gasteiger partial charge in [0, 0.05) is 24.2 Å². The number of carbonyl (C=O) groups is 1. The van der Waals surface area contributed by atoms with Crippen molar-refractivity contribution < 1.29 is 10.0 Å². The fraction of sp³-hybridized carbons (Fsp3) is 0.467. The van der Waals surface area contributed by atoms with Crippen LogP contribution in [0.2, 0.25) is 0 Å². The van der Waals surface area contributed by atoms with Gasteiger partial charge in [0.2, 0.25) is 0 Å². The van der Waals surface area contributed by atoms with Crippen molar-refractivity contribution in [2.24, 2.45) is 10.9 Å². The van der Waals surface area contributed by atoms with Gasteiger partial charge in [0.05, 0.1) is 0 Å². The molecule has 114 valence electrons. The van der Waals surface area contributed by atoms with Crippen LogP contribution < -0.4 is 5.73 Å². The molecule has 1 aromatic rings. The molecule has 0 bridgehead atoms. The Morgan fingerprint density at radius 1 is 1.38 bits per heavy atom.